The van der Waals surface area contributed by atoms with Crippen LogP contribution in [0.3, 0.4) is 0 Å². The van der Waals surface area contributed by atoms with Gasteiger partial charge in [-0.3, -0.25) is 14.6 Å². The van der Waals surface area contributed by atoms with E-state index >= 15 is 0 Å². The summed E-state index contributed by atoms with van der Waals surface area (Å²) in [6.07, 6.45) is -4.38. The molecule has 1 aliphatic heterocycles. The third-order valence-electron chi connectivity index (χ3n) is 4.86. The zero-order chi connectivity index (χ0) is 20.0. The van der Waals surface area contributed by atoms with E-state index in [1.165, 1.54) is 11.1 Å². The molecule has 1 saturated heterocycles. The molecule has 4 nitrogen and oxygen atoms in total. The van der Waals surface area contributed by atoms with E-state index in [2.05, 4.69) is 29.2 Å². The molecular formula is C21H24F3N3O. The van der Waals surface area contributed by atoms with Gasteiger partial charge in [-0.2, -0.15) is 13.2 Å². The van der Waals surface area contributed by atoms with Gasteiger partial charge in [0.25, 0.3) is 0 Å². The SMILES string of the molecule is O=C(CN1CCN(C(c2ccccc2)c2ccccc2)CC1)NCC(F)(F)F. The number of piperazine rings is 1. The standard InChI is InChI=1S/C21H24F3N3O/c22-21(23,24)16-25-19(28)15-26-11-13-27(14-12-26)20(17-7-3-1-4-8-17)18-9-5-2-6-10-18/h1-10,20H,11-16H2,(H,25,28). The Hall–Kier alpha value is -2.38. The van der Waals surface area contributed by atoms with Crippen molar-refractivity contribution in [2.45, 2.75) is 12.2 Å². The number of halogens is 3. The highest BCUT2D eigenvalue weighted by Gasteiger charge is 2.29. The van der Waals surface area contributed by atoms with Crippen molar-refractivity contribution in [1.29, 1.82) is 0 Å². The second kappa shape index (κ2) is 9.21. The molecule has 0 unspecified atom stereocenters. The van der Waals surface area contributed by atoms with E-state index in [0.29, 0.717) is 13.1 Å². The molecule has 0 bridgehead atoms. The molecule has 0 radical (unpaired) electrons. The lowest BCUT2D eigenvalue weighted by Gasteiger charge is -2.39. The molecule has 0 aliphatic carbocycles. The second-order valence-electron chi connectivity index (χ2n) is 6.93. The largest absolute Gasteiger partial charge is 0.405 e. The van der Waals surface area contributed by atoms with Gasteiger partial charge >= 0.3 is 6.18 Å². The molecule has 7 heteroatoms. The Bertz CT molecular complexity index is 705. The summed E-state index contributed by atoms with van der Waals surface area (Å²) in [6, 6.07) is 20.6. The van der Waals surface area contributed by atoms with Gasteiger partial charge in [-0.25, -0.2) is 0 Å². The Balaban J connectivity index is 1.61. The molecule has 2 aromatic rings. The average Bonchev–Trinajstić information content (AvgIpc) is 2.69. The highest BCUT2D eigenvalue weighted by atomic mass is 19.4. The number of nitrogens with one attached hydrogen (secondary N) is 1. The van der Waals surface area contributed by atoms with Crippen molar-refractivity contribution in [3.63, 3.8) is 0 Å². The molecule has 0 aromatic heterocycles. The van der Waals surface area contributed by atoms with Crippen LogP contribution in [0.1, 0.15) is 17.2 Å². The van der Waals surface area contributed by atoms with Crippen molar-refractivity contribution in [3.05, 3.63) is 71.8 Å². The summed E-state index contributed by atoms with van der Waals surface area (Å²) < 4.78 is 36.7. The Labute approximate surface area is 162 Å². The minimum absolute atomic E-state index is 0.00867. The molecule has 1 N–H and O–H groups in total. The molecular weight excluding hydrogens is 367 g/mol. The molecule has 0 atom stereocenters. The lowest BCUT2D eigenvalue weighted by Crippen LogP contribution is -2.51. The predicted octanol–water partition coefficient (Wildman–Crippen LogP) is 3.07. The van der Waals surface area contributed by atoms with Gasteiger partial charge in [-0.1, -0.05) is 60.7 Å². The zero-order valence-corrected chi connectivity index (χ0v) is 15.5. The van der Waals surface area contributed by atoms with Crippen molar-refractivity contribution in [1.82, 2.24) is 15.1 Å². The fourth-order valence-corrected chi connectivity index (χ4v) is 3.52. The molecule has 3 rings (SSSR count). The van der Waals surface area contributed by atoms with Crippen LogP contribution in [0.4, 0.5) is 13.2 Å². The van der Waals surface area contributed by atoms with Crippen LogP contribution < -0.4 is 5.32 Å². The van der Waals surface area contributed by atoms with E-state index in [-0.39, 0.29) is 12.6 Å². The minimum atomic E-state index is -4.38. The molecule has 1 fully saturated rings. The number of hydrogen-bond donors (Lipinski definition) is 1. The number of rotatable bonds is 6. The number of benzene rings is 2. The summed E-state index contributed by atoms with van der Waals surface area (Å²) in [5.74, 6) is -0.589. The van der Waals surface area contributed by atoms with E-state index in [9.17, 15) is 18.0 Å². The third kappa shape index (κ3) is 5.81. The Kier molecular flexibility index (Phi) is 6.70. The molecule has 1 heterocycles. The molecule has 2 aromatic carbocycles. The topological polar surface area (TPSA) is 35.6 Å². The first-order valence-corrected chi connectivity index (χ1v) is 9.32. The first kappa shape index (κ1) is 20.4. The lowest BCUT2D eigenvalue weighted by atomic mass is 9.96. The molecule has 1 amide bonds. The number of carbonyl (C=O) groups excluding carboxylic acids is 1. The van der Waals surface area contributed by atoms with Gasteiger partial charge in [0, 0.05) is 26.2 Å². The maximum Gasteiger partial charge on any atom is 0.405 e. The van der Waals surface area contributed by atoms with Gasteiger partial charge in [-0.05, 0) is 11.1 Å². The Morgan fingerprint density at radius 2 is 1.39 bits per heavy atom. The van der Waals surface area contributed by atoms with E-state index < -0.39 is 18.6 Å². The van der Waals surface area contributed by atoms with Gasteiger partial charge in [0.05, 0.1) is 12.6 Å². The number of hydrogen-bond acceptors (Lipinski definition) is 3. The number of amides is 1. The molecule has 0 spiro atoms. The van der Waals surface area contributed by atoms with Crippen LogP contribution in [0.15, 0.2) is 60.7 Å². The Morgan fingerprint density at radius 1 is 0.893 bits per heavy atom. The highest BCUT2D eigenvalue weighted by Crippen LogP contribution is 2.29. The fraction of sp³-hybridized carbons (Fsp3) is 0.381. The van der Waals surface area contributed by atoms with Crippen LogP contribution in [0, 0.1) is 0 Å². The van der Waals surface area contributed by atoms with Crippen LogP contribution >= 0.6 is 0 Å². The van der Waals surface area contributed by atoms with Gasteiger partial charge in [-0.15, -0.1) is 0 Å². The van der Waals surface area contributed by atoms with E-state index in [4.69, 9.17) is 0 Å². The van der Waals surface area contributed by atoms with Gasteiger partial charge in [0.1, 0.15) is 6.54 Å². The van der Waals surface area contributed by atoms with Crippen molar-refractivity contribution in [2.75, 3.05) is 39.3 Å². The Morgan fingerprint density at radius 3 is 1.86 bits per heavy atom. The summed E-state index contributed by atoms with van der Waals surface area (Å²) in [4.78, 5) is 16.0. The van der Waals surface area contributed by atoms with Crippen molar-refractivity contribution in [3.8, 4) is 0 Å². The van der Waals surface area contributed by atoms with Crippen molar-refractivity contribution in [2.24, 2.45) is 0 Å². The van der Waals surface area contributed by atoms with Crippen LogP contribution in [-0.4, -0.2) is 61.2 Å². The first-order valence-electron chi connectivity index (χ1n) is 9.32. The van der Waals surface area contributed by atoms with Crippen LogP contribution in [0.2, 0.25) is 0 Å². The summed E-state index contributed by atoms with van der Waals surface area (Å²) in [5.41, 5.74) is 2.40. The third-order valence-corrected chi connectivity index (χ3v) is 4.86. The number of carbonyl (C=O) groups is 1. The minimum Gasteiger partial charge on any atom is -0.346 e. The van der Waals surface area contributed by atoms with Gasteiger partial charge < -0.3 is 5.32 Å². The van der Waals surface area contributed by atoms with Gasteiger partial charge in [0.15, 0.2) is 0 Å². The van der Waals surface area contributed by atoms with Crippen LogP contribution in [0.5, 0.6) is 0 Å². The predicted molar refractivity (Wildman–Crippen MR) is 102 cm³/mol. The number of nitrogens with zero attached hydrogens (tertiary/aromatic N) is 2. The summed E-state index contributed by atoms with van der Waals surface area (Å²) in [6.45, 7) is 1.45. The summed E-state index contributed by atoms with van der Waals surface area (Å²) in [5, 5.41) is 1.94. The summed E-state index contributed by atoms with van der Waals surface area (Å²) in [7, 11) is 0. The van der Waals surface area contributed by atoms with Crippen molar-refractivity contribution < 1.29 is 18.0 Å². The normalized spacial score (nSPS) is 16.3. The molecule has 150 valence electrons. The van der Waals surface area contributed by atoms with Crippen molar-refractivity contribution >= 4 is 5.91 Å². The highest BCUT2D eigenvalue weighted by molar-refractivity contribution is 5.78. The van der Waals surface area contributed by atoms with E-state index in [0.717, 1.165) is 13.1 Å². The molecule has 1 aliphatic rings. The average molecular weight is 391 g/mol. The maximum absolute atomic E-state index is 12.2. The van der Waals surface area contributed by atoms with Crippen LogP contribution in [0.25, 0.3) is 0 Å². The molecule has 28 heavy (non-hydrogen) atoms. The maximum atomic E-state index is 12.2. The summed E-state index contributed by atoms with van der Waals surface area (Å²) >= 11 is 0. The first-order chi connectivity index (χ1) is 13.4. The quantitative estimate of drug-likeness (QED) is 0.822. The van der Waals surface area contributed by atoms with Crippen LogP contribution in [-0.2, 0) is 4.79 Å². The lowest BCUT2D eigenvalue weighted by molar-refractivity contribution is -0.139. The number of alkyl halides is 3. The fourth-order valence-electron chi connectivity index (χ4n) is 3.52. The van der Waals surface area contributed by atoms with Gasteiger partial charge in [0.2, 0.25) is 5.91 Å². The molecule has 0 saturated carbocycles. The second-order valence-corrected chi connectivity index (χ2v) is 6.93. The smallest absolute Gasteiger partial charge is 0.346 e. The van der Waals surface area contributed by atoms with E-state index in [1.54, 1.807) is 0 Å². The van der Waals surface area contributed by atoms with E-state index in [1.807, 2.05) is 46.6 Å². The monoisotopic (exact) mass is 391 g/mol. The zero-order valence-electron chi connectivity index (χ0n) is 15.5.